The van der Waals surface area contributed by atoms with E-state index in [-0.39, 0.29) is 12.2 Å². The van der Waals surface area contributed by atoms with Gasteiger partial charge in [0.25, 0.3) is 0 Å². The van der Waals surface area contributed by atoms with Crippen molar-refractivity contribution in [1.82, 2.24) is 0 Å². The second-order valence-corrected chi connectivity index (χ2v) is 6.20. The van der Waals surface area contributed by atoms with E-state index in [0.717, 1.165) is 4.47 Å². The number of carbonyl (C=O) groups excluding carboxylic acids is 1. The van der Waals surface area contributed by atoms with Gasteiger partial charge in [0.05, 0.1) is 0 Å². The molecule has 0 aromatic heterocycles. The van der Waals surface area contributed by atoms with Crippen molar-refractivity contribution in [2.24, 2.45) is 5.92 Å². The Hall–Kier alpha value is -0.750. The molecule has 0 saturated heterocycles. The van der Waals surface area contributed by atoms with Crippen LogP contribution in [0.5, 0.6) is 0 Å². The molecule has 1 saturated carbocycles. The SMILES string of the molecule is O=C(c1ccc(Br)cc1)[C@@H]1C[C@H]1S(=O)(=O)F. The maximum absolute atomic E-state index is 12.6. The van der Waals surface area contributed by atoms with Crippen LogP contribution in [0.25, 0.3) is 0 Å². The van der Waals surface area contributed by atoms with E-state index >= 15 is 0 Å². The quantitative estimate of drug-likeness (QED) is 0.636. The number of Topliss-reactive ketones (excluding diaryl/α,β-unsaturated/α-hetero) is 1. The van der Waals surface area contributed by atoms with Crippen molar-refractivity contribution >= 4 is 31.9 Å². The Kier molecular flexibility index (Phi) is 2.88. The first kappa shape index (κ1) is 11.7. The molecule has 0 aliphatic heterocycles. The number of benzene rings is 1. The summed E-state index contributed by atoms with van der Waals surface area (Å²) in [7, 11) is -4.57. The third-order valence-corrected chi connectivity index (χ3v) is 4.33. The lowest BCUT2D eigenvalue weighted by molar-refractivity contribution is 0.0967. The van der Waals surface area contributed by atoms with Gasteiger partial charge in [-0.25, -0.2) is 0 Å². The Morgan fingerprint density at radius 1 is 1.31 bits per heavy atom. The van der Waals surface area contributed by atoms with E-state index in [0.29, 0.717) is 5.56 Å². The topological polar surface area (TPSA) is 51.2 Å². The van der Waals surface area contributed by atoms with Gasteiger partial charge in [-0.1, -0.05) is 28.1 Å². The summed E-state index contributed by atoms with van der Waals surface area (Å²) in [6.07, 6.45) is 0.0910. The van der Waals surface area contributed by atoms with Crippen LogP contribution < -0.4 is 0 Å². The summed E-state index contributed by atoms with van der Waals surface area (Å²) >= 11 is 3.22. The molecule has 1 fully saturated rings. The van der Waals surface area contributed by atoms with Crippen LogP contribution in [0.3, 0.4) is 0 Å². The average Bonchev–Trinajstić information content (AvgIpc) is 2.96. The van der Waals surface area contributed by atoms with Crippen LogP contribution in [0.2, 0.25) is 0 Å². The highest BCUT2D eigenvalue weighted by Crippen LogP contribution is 2.40. The number of rotatable bonds is 3. The summed E-state index contributed by atoms with van der Waals surface area (Å²) < 4.78 is 34.5. The van der Waals surface area contributed by atoms with E-state index in [1.807, 2.05) is 0 Å². The first-order chi connectivity index (χ1) is 7.39. The predicted molar refractivity (Wildman–Crippen MR) is 60.4 cm³/mol. The molecule has 0 spiro atoms. The van der Waals surface area contributed by atoms with Crippen LogP contribution >= 0.6 is 15.9 Å². The van der Waals surface area contributed by atoms with Crippen LogP contribution in [0.15, 0.2) is 28.7 Å². The van der Waals surface area contributed by atoms with E-state index in [9.17, 15) is 17.1 Å². The number of hydrogen-bond donors (Lipinski definition) is 0. The molecule has 1 aromatic carbocycles. The normalized spacial score (nSPS) is 24.1. The zero-order chi connectivity index (χ0) is 11.9. The van der Waals surface area contributed by atoms with Crippen LogP contribution in [-0.2, 0) is 10.2 Å². The van der Waals surface area contributed by atoms with Crippen molar-refractivity contribution in [2.75, 3.05) is 0 Å². The second-order valence-electron chi connectivity index (χ2n) is 3.73. The Morgan fingerprint density at radius 3 is 2.31 bits per heavy atom. The van der Waals surface area contributed by atoms with Gasteiger partial charge in [0.2, 0.25) is 0 Å². The van der Waals surface area contributed by atoms with E-state index in [1.165, 1.54) is 0 Å². The minimum atomic E-state index is -4.57. The van der Waals surface area contributed by atoms with Gasteiger partial charge in [-0.3, -0.25) is 4.79 Å². The number of hydrogen-bond acceptors (Lipinski definition) is 3. The van der Waals surface area contributed by atoms with Crippen molar-refractivity contribution < 1.29 is 17.1 Å². The molecule has 0 heterocycles. The van der Waals surface area contributed by atoms with Crippen molar-refractivity contribution in [2.45, 2.75) is 11.7 Å². The molecule has 2 atom stereocenters. The number of ketones is 1. The van der Waals surface area contributed by atoms with E-state index in [2.05, 4.69) is 15.9 Å². The molecule has 0 unspecified atom stereocenters. The van der Waals surface area contributed by atoms with E-state index < -0.39 is 21.4 Å². The number of halogens is 2. The van der Waals surface area contributed by atoms with Crippen LogP contribution in [0.1, 0.15) is 16.8 Å². The molecule has 0 N–H and O–H groups in total. The largest absolute Gasteiger partial charge is 0.306 e. The third kappa shape index (κ3) is 2.32. The Bertz CT molecular complexity index is 524. The van der Waals surface area contributed by atoms with Crippen LogP contribution in [0.4, 0.5) is 3.89 Å². The summed E-state index contributed by atoms with van der Waals surface area (Å²) in [5.74, 6) is -1.02. The summed E-state index contributed by atoms with van der Waals surface area (Å²) in [4.78, 5) is 11.7. The summed E-state index contributed by atoms with van der Waals surface area (Å²) in [5, 5.41) is -1.14. The van der Waals surface area contributed by atoms with Crippen LogP contribution in [0, 0.1) is 5.92 Å². The molecule has 1 aromatic rings. The fraction of sp³-hybridized carbons (Fsp3) is 0.300. The summed E-state index contributed by atoms with van der Waals surface area (Å²) in [6.45, 7) is 0. The number of carbonyl (C=O) groups is 1. The second kappa shape index (κ2) is 3.92. The molecular formula is C10H8BrFO3S. The van der Waals surface area contributed by atoms with E-state index in [1.54, 1.807) is 24.3 Å². The van der Waals surface area contributed by atoms with Gasteiger partial charge in [-0.15, -0.1) is 3.89 Å². The highest BCUT2D eigenvalue weighted by molar-refractivity contribution is 9.10. The first-order valence-corrected chi connectivity index (χ1v) is 6.87. The van der Waals surface area contributed by atoms with Gasteiger partial charge < -0.3 is 0 Å². The van der Waals surface area contributed by atoms with Crippen molar-refractivity contribution in [3.05, 3.63) is 34.3 Å². The smallest absolute Gasteiger partial charge is 0.294 e. The van der Waals surface area contributed by atoms with Gasteiger partial charge in [0.15, 0.2) is 5.78 Å². The maximum Gasteiger partial charge on any atom is 0.306 e. The first-order valence-electron chi connectivity index (χ1n) is 4.63. The Morgan fingerprint density at radius 2 is 1.88 bits per heavy atom. The minimum Gasteiger partial charge on any atom is -0.294 e. The van der Waals surface area contributed by atoms with Crippen molar-refractivity contribution in [3.8, 4) is 0 Å². The highest BCUT2D eigenvalue weighted by Gasteiger charge is 2.52. The third-order valence-electron chi connectivity index (χ3n) is 2.56. The van der Waals surface area contributed by atoms with Gasteiger partial charge in [-0.05, 0) is 18.6 Å². The van der Waals surface area contributed by atoms with Crippen LogP contribution in [-0.4, -0.2) is 19.5 Å². The van der Waals surface area contributed by atoms with Crippen molar-refractivity contribution in [3.63, 3.8) is 0 Å². The lowest BCUT2D eigenvalue weighted by Crippen LogP contribution is -2.09. The molecule has 16 heavy (non-hydrogen) atoms. The zero-order valence-corrected chi connectivity index (χ0v) is 10.5. The fourth-order valence-corrected chi connectivity index (χ4v) is 2.80. The molecule has 0 bridgehead atoms. The molecule has 3 nitrogen and oxygen atoms in total. The summed E-state index contributed by atoms with van der Waals surface area (Å²) in [6, 6.07) is 6.56. The van der Waals surface area contributed by atoms with Gasteiger partial charge >= 0.3 is 10.2 Å². The lowest BCUT2D eigenvalue weighted by atomic mass is 10.1. The summed E-state index contributed by atoms with van der Waals surface area (Å²) in [5.41, 5.74) is 0.416. The lowest BCUT2D eigenvalue weighted by Gasteiger charge is -1.99. The van der Waals surface area contributed by atoms with E-state index in [4.69, 9.17) is 0 Å². The van der Waals surface area contributed by atoms with Gasteiger partial charge in [0, 0.05) is 16.0 Å². The van der Waals surface area contributed by atoms with Gasteiger partial charge in [0.1, 0.15) is 5.25 Å². The maximum atomic E-state index is 12.6. The van der Waals surface area contributed by atoms with Crippen molar-refractivity contribution in [1.29, 1.82) is 0 Å². The average molecular weight is 307 g/mol. The molecule has 6 heteroatoms. The standard InChI is InChI=1S/C10H8BrFO3S/c11-7-3-1-6(2-4-7)10(13)8-5-9(8)16(12,14)15/h1-4,8-9H,5H2/t8-,9-/m1/s1. The monoisotopic (exact) mass is 306 g/mol. The molecule has 0 amide bonds. The molecule has 1 aliphatic rings. The zero-order valence-electron chi connectivity index (χ0n) is 8.06. The molecule has 0 radical (unpaired) electrons. The van der Waals surface area contributed by atoms with Gasteiger partial charge in [-0.2, -0.15) is 8.42 Å². The molecule has 86 valence electrons. The molecular weight excluding hydrogens is 299 g/mol. The Labute approximate surface area is 101 Å². The Balaban J connectivity index is 2.14. The molecule has 2 rings (SSSR count). The predicted octanol–water partition coefficient (Wildman–Crippen LogP) is 2.32. The molecule has 1 aliphatic carbocycles. The minimum absolute atomic E-state index is 0.0910. The highest BCUT2D eigenvalue weighted by atomic mass is 79.9. The fourth-order valence-electron chi connectivity index (χ4n) is 1.59.